The van der Waals surface area contributed by atoms with Crippen LogP contribution in [0.1, 0.15) is 37.8 Å². The maximum atomic E-state index is 11.8. The predicted octanol–water partition coefficient (Wildman–Crippen LogP) is 5.75. The molecule has 186 valence electrons. The first kappa shape index (κ1) is 27.8. The molecule has 2 aromatic carbocycles. The zero-order chi connectivity index (χ0) is 24.8. The minimum atomic E-state index is -2.21. The molecule has 0 fully saturated rings. The summed E-state index contributed by atoms with van der Waals surface area (Å²) in [6, 6.07) is 16.1. The van der Waals surface area contributed by atoms with Crippen molar-refractivity contribution in [1.82, 2.24) is 4.31 Å². The Morgan fingerprint density at radius 3 is 1.47 bits per heavy atom. The molecule has 3 unspecified atom stereocenters. The fraction of sp³-hybridized carbons (Fsp3) is 0.429. The Bertz CT molecular complexity index is 840. The van der Waals surface area contributed by atoms with Crippen molar-refractivity contribution in [3.63, 3.8) is 0 Å². The fourth-order valence-corrected chi connectivity index (χ4v) is 4.41. The van der Waals surface area contributed by atoms with Crippen molar-refractivity contribution in [2.24, 2.45) is 11.8 Å². The lowest BCUT2D eigenvalue weighted by Crippen LogP contribution is -2.34. The van der Waals surface area contributed by atoms with Crippen LogP contribution < -0.4 is 9.47 Å². The molecule has 0 spiro atoms. The number of benzene rings is 2. The second-order valence-corrected chi connectivity index (χ2v) is 9.74. The Morgan fingerprint density at radius 1 is 0.765 bits per heavy atom. The Balaban J connectivity index is 1.72. The molecule has 0 saturated heterocycles. The molecule has 0 aliphatic carbocycles. The molecule has 2 aromatic rings. The number of allylic oxidation sites excluding steroid dienone is 4. The average Bonchev–Trinajstić information content (AvgIpc) is 2.84. The normalized spacial score (nSPS) is 14.5. The molecule has 0 saturated carbocycles. The van der Waals surface area contributed by atoms with E-state index in [1.807, 2.05) is 24.3 Å². The number of rotatable bonds is 15. The van der Waals surface area contributed by atoms with Gasteiger partial charge in [0.25, 0.3) is 0 Å². The first-order chi connectivity index (χ1) is 16.4. The van der Waals surface area contributed by atoms with Crippen molar-refractivity contribution < 1.29 is 18.2 Å². The van der Waals surface area contributed by atoms with Gasteiger partial charge in [0.15, 0.2) is 0 Å². The summed E-state index contributed by atoms with van der Waals surface area (Å²) in [6.45, 7) is 5.25. The topological polar surface area (TPSA) is 61.8 Å². The van der Waals surface area contributed by atoms with E-state index < -0.39 is 11.3 Å². The van der Waals surface area contributed by atoms with Crippen LogP contribution in [0.2, 0.25) is 0 Å². The minimum absolute atomic E-state index is 0.253. The largest absolute Gasteiger partial charge is 0.760 e. The van der Waals surface area contributed by atoms with Gasteiger partial charge in [0.2, 0.25) is 0 Å². The van der Waals surface area contributed by atoms with Gasteiger partial charge in [-0.25, -0.2) is 4.31 Å². The molecule has 0 amide bonds. The summed E-state index contributed by atoms with van der Waals surface area (Å²) in [6.07, 6.45) is 12.0. The summed E-state index contributed by atoms with van der Waals surface area (Å²) in [4.78, 5) is 0. The maximum Gasteiger partial charge on any atom is 0.118 e. The third-order valence-electron chi connectivity index (χ3n) is 5.68. The molecule has 0 heterocycles. The van der Waals surface area contributed by atoms with Crippen LogP contribution in [0.5, 0.6) is 11.5 Å². The second kappa shape index (κ2) is 15.5. The van der Waals surface area contributed by atoms with Gasteiger partial charge in [0, 0.05) is 24.4 Å². The molecule has 0 aliphatic rings. The number of ether oxygens (including phenoxy) is 2. The van der Waals surface area contributed by atoms with Crippen molar-refractivity contribution >= 4 is 11.3 Å². The van der Waals surface area contributed by atoms with E-state index in [0.717, 1.165) is 37.2 Å². The summed E-state index contributed by atoms with van der Waals surface area (Å²) in [5.74, 6) is 2.22. The lowest BCUT2D eigenvalue weighted by atomic mass is 10.0. The number of nitrogens with zero attached hydrogens (tertiary/aromatic N) is 1. The Morgan fingerprint density at radius 2 is 1.15 bits per heavy atom. The van der Waals surface area contributed by atoms with Crippen LogP contribution in [-0.4, -0.2) is 40.4 Å². The lowest BCUT2D eigenvalue weighted by Gasteiger charge is -2.29. The van der Waals surface area contributed by atoms with Crippen molar-refractivity contribution in [3.8, 4) is 11.5 Å². The highest BCUT2D eigenvalue weighted by atomic mass is 32.2. The van der Waals surface area contributed by atoms with E-state index in [-0.39, 0.29) is 11.8 Å². The molecule has 0 aliphatic heterocycles. The van der Waals surface area contributed by atoms with Crippen molar-refractivity contribution in [2.75, 3.05) is 27.3 Å². The van der Waals surface area contributed by atoms with Crippen molar-refractivity contribution in [1.29, 1.82) is 0 Å². The van der Waals surface area contributed by atoms with Crippen LogP contribution in [0.25, 0.3) is 0 Å². The van der Waals surface area contributed by atoms with E-state index in [4.69, 9.17) is 9.47 Å². The van der Waals surface area contributed by atoms with Crippen molar-refractivity contribution in [3.05, 3.63) is 84.0 Å². The summed E-state index contributed by atoms with van der Waals surface area (Å²) >= 11 is -2.21. The molecule has 2 rings (SSSR count). The van der Waals surface area contributed by atoms with Gasteiger partial charge in [0.05, 0.1) is 14.2 Å². The molecule has 0 N–H and O–H groups in total. The average molecular weight is 485 g/mol. The summed E-state index contributed by atoms with van der Waals surface area (Å²) in [5.41, 5.74) is 2.45. The van der Waals surface area contributed by atoms with Crippen LogP contribution in [0.3, 0.4) is 0 Å². The van der Waals surface area contributed by atoms with Gasteiger partial charge in [0.1, 0.15) is 11.5 Å². The monoisotopic (exact) mass is 484 g/mol. The molecule has 34 heavy (non-hydrogen) atoms. The smallest absolute Gasteiger partial charge is 0.118 e. The number of hydrogen-bond donors (Lipinski definition) is 0. The SMILES string of the molecule is COc1ccc(CC=CCC(C)CN(CC(C)CC=CCc2ccc(OC)cc2)S(=O)[O-])cc1. The standard InChI is InChI=1S/C28H39NO4S/c1-23(9-5-7-11-25-13-17-27(32-3)18-14-25)21-29(34(30)31)22-24(2)10-6-8-12-26-15-19-28(33-4)20-16-26/h5-8,13-20,23-24H,9-12,21-22H2,1-4H3,(H,30,31)/p-1. The minimum Gasteiger partial charge on any atom is -0.760 e. The third kappa shape index (κ3) is 10.7. The van der Waals surface area contributed by atoms with Gasteiger partial charge in [-0.3, -0.25) is 4.21 Å². The molecular weight excluding hydrogens is 446 g/mol. The van der Waals surface area contributed by atoms with E-state index in [9.17, 15) is 8.76 Å². The van der Waals surface area contributed by atoms with Gasteiger partial charge in [-0.2, -0.15) is 0 Å². The molecule has 3 atom stereocenters. The Labute approximate surface area is 207 Å². The van der Waals surface area contributed by atoms with Gasteiger partial charge in [-0.05, 0) is 72.9 Å². The highest BCUT2D eigenvalue weighted by Gasteiger charge is 2.13. The molecule has 0 radical (unpaired) electrons. The maximum absolute atomic E-state index is 11.8. The first-order valence-corrected chi connectivity index (χ1v) is 12.8. The highest BCUT2D eigenvalue weighted by molar-refractivity contribution is 7.76. The van der Waals surface area contributed by atoms with E-state index in [2.05, 4.69) is 62.4 Å². The first-order valence-electron chi connectivity index (χ1n) is 11.8. The third-order valence-corrected chi connectivity index (χ3v) is 6.40. The Hall–Kier alpha value is -2.41. The van der Waals surface area contributed by atoms with Crippen LogP contribution in [-0.2, 0) is 24.1 Å². The lowest BCUT2D eigenvalue weighted by molar-refractivity contribution is 0.307. The summed E-state index contributed by atoms with van der Waals surface area (Å²) in [5, 5.41) is 0. The van der Waals surface area contributed by atoms with Gasteiger partial charge >= 0.3 is 0 Å². The van der Waals surface area contributed by atoms with Gasteiger partial charge < -0.3 is 14.0 Å². The van der Waals surface area contributed by atoms with E-state index in [0.29, 0.717) is 13.1 Å². The van der Waals surface area contributed by atoms with E-state index in [1.165, 1.54) is 11.1 Å². The number of hydrogen-bond acceptors (Lipinski definition) is 4. The highest BCUT2D eigenvalue weighted by Crippen LogP contribution is 2.15. The zero-order valence-electron chi connectivity index (χ0n) is 20.8. The second-order valence-electron chi connectivity index (χ2n) is 8.79. The quantitative estimate of drug-likeness (QED) is 0.239. The molecule has 5 nitrogen and oxygen atoms in total. The van der Waals surface area contributed by atoms with E-state index in [1.54, 1.807) is 18.5 Å². The number of methoxy groups -OCH3 is 2. The van der Waals surface area contributed by atoms with Crippen LogP contribution in [0.4, 0.5) is 0 Å². The molecule has 0 bridgehead atoms. The summed E-state index contributed by atoms with van der Waals surface area (Å²) < 4.78 is 35.5. The van der Waals surface area contributed by atoms with Gasteiger partial charge in [-0.1, -0.05) is 62.4 Å². The summed E-state index contributed by atoms with van der Waals surface area (Å²) in [7, 11) is 3.33. The molecule has 6 heteroatoms. The zero-order valence-corrected chi connectivity index (χ0v) is 21.6. The predicted molar refractivity (Wildman–Crippen MR) is 140 cm³/mol. The van der Waals surface area contributed by atoms with E-state index >= 15 is 0 Å². The van der Waals surface area contributed by atoms with Crippen molar-refractivity contribution in [2.45, 2.75) is 39.5 Å². The molecular formula is C28H38NO4S-. The fourth-order valence-electron chi connectivity index (χ4n) is 3.66. The van der Waals surface area contributed by atoms with Crippen LogP contribution >= 0.6 is 0 Å². The molecule has 0 aromatic heterocycles. The van der Waals surface area contributed by atoms with Gasteiger partial charge in [-0.15, -0.1) is 0 Å². The van der Waals surface area contributed by atoms with Crippen LogP contribution in [0.15, 0.2) is 72.8 Å². The Kier molecular flexibility index (Phi) is 12.7. The van der Waals surface area contributed by atoms with Crippen LogP contribution in [0, 0.1) is 11.8 Å².